The number of aromatic nitrogens is 1. The summed E-state index contributed by atoms with van der Waals surface area (Å²) < 4.78 is 13.8. The van der Waals surface area contributed by atoms with Gasteiger partial charge in [-0.25, -0.2) is 9.37 Å². The second kappa shape index (κ2) is 5.36. The smallest absolute Gasteiger partial charge is 0.156 e. The Kier molecular flexibility index (Phi) is 3.62. The molecule has 2 aromatic rings. The van der Waals surface area contributed by atoms with Gasteiger partial charge in [-0.3, -0.25) is 0 Å². The van der Waals surface area contributed by atoms with E-state index in [1.165, 1.54) is 18.3 Å². The average Bonchev–Trinajstić information content (AvgIpc) is 2.43. The van der Waals surface area contributed by atoms with Crippen molar-refractivity contribution in [1.82, 2.24) is 4.98 Å². The second-order valence-corrected chi connectivity index (χ2v) is 3.94. The van der Waals surface area contributed by atoms with Crippen molar-refractivity contribution in [3.05, 3.63) is 47.9 Å². The summed E-state index contributed by atoms with van der Waals surface area (Å²) in [5, 5.41) is 8.79. The first kappa shape index (κ1) is 12.8. The van der Waals surface area contributed by atoms with Gasteiger partial charge in [0.15, 0.2) is 5.82 Å². The fourth-order valence-corrected chi connectivity index (χ4v) is 1.87. The van der Waals surface area contributed by atoms with Gasteiger partial charge in [-0.15, -0.1) is 0 Å². The second-order valence-electron chi connectivity index (χ2n) is 3.94. The Morgan fingerprint density at radius 1 is 1.42 bits per heavy atom. The Balaban J connectivity index is 2.49. The van der Waals surface area contributed by atoms with Crippen LogP contribution in [0, 0.1) is 17.1 Å². The molecule has 0 aliphatic carbocycles. The number of nitrogens with two attached hydrogens (primary N) is 1. The first-order valence-corrected chi connectivity index (χ1v) is 5.85. The molecule has 2 N–H and O–H groups in total. The summed E-state index contributed by atoms with van der Waals surface area (Å²) in [6, 6.07) is 9.93. The van der Waals surface area contributed by atoms with Gasteiger partial charge in [-0.05, 0) is 25.1 Å². The zero-order chi connectivity index (χ0) is 13.8. The lowest BCUT2D eigenvalue weighted by Gasteiger charge is -2.23. The maximum absolute atomic E-state index is 13.8. The molecule has 0 saturated carbocycles. The maximum atomic E-state index is 13.8. The van der Waals surface area contributed by atoms with Crippen LogP contribution in [0.15, 0.2) is 36.5 Å². The molecule has 1 heterocycles. The largest absolute Gasteiger partial charge is 0.396 e. The van der Waals surface area contributed by atoms with Crippen LogP contribution in [0.2, 0.25) is 0 Å². The summed E-state index contributed by atoms with van der Waals surface area (Å²) in [6.45, 7) is 2.40. The molecule has 0 aliphatic heterocycles. The first-order chi connectivity index (χ1) is 9.17. The van der Waals surface area contributed by atoms with Gasteiger partial charge in [-0.1, -0.05) is 12.1 Å². The molecule has 0 bridgehead atoms. The molecule has 0 aliphatic rings. The number of hydrogen-bond donors (Lipinski definition) is 1. The number of nitrogen functional groups attached to an aromatic ring is 1. The highest BCUT2D eigenvalue weighted by molar-refractivity contribution is 5.72. The van der Waals surface area contributed by atoms with Gasteiger partial charge in [-0.2, -0.15) is 5.26 Å². The van der Waals surface area contributed by atoms with E-state index in [9.17, 15) is 4.39 Å². The van der Waals surface area contributed by atoms with Crippen molar-refractivity contribution in [2.24, 2.45) is 0 Å². The van der Waals surface area contributed by atoms with Crippen LogP contribution in [-0.2, 0) is 0 Å². The Bertz CT molecular complexity index is 634. The minimum Gasteiger partial charge on any atom is -0.396 e. The number of anilines is 3. The quantitative estimate of drug-likeness (QED) is 0.917. The predicted molar refractivity (Wildman–Crippen MR) is 72.4 cm³/mol. The summed E-state index contributed by atoms with van der Waals surface area (Å²) in [7, 11) is 0. The van der Waals surface area contributed by atoms with E-state index in [2.05, 4.69) is 4.98 Å². The van der Waals surface area contributed by atoms with E-state index in [0.29, 0.717) is 29.3 Å². The van der Waals surface area contributed by atoms with E-state index in [-0.39, 0.29) is 5.82 Å². The Morgan fingerprint density at radius 3 is 2.74 bits per heavy atom. The topological polar surface area (TPSA) is 65.9 Å². The molecule has 0 unspecified atom stereocenters. The average molecular weight is 256 g/mol. The van der Waals surface area contributed by atoms with Crippen molar-refractivity contribution in [1.29, 1.82) is 5.26 Å². The number of hydrogen-bond acceptors (Lipinski definition) is 4. The summed E-state index contributed by atoms with van der Waals surface area (Å²) >= 11 is 0. The van der Waals surface area contributed by atoms with Crippen LogP contribution in [0.5, 0.6) is 0 Å². The van der Waals surface area contributed by atoms with Crippen LogP contribution in [0.4, 0.5) is 21.6 Å². The number of nitrogens with zero attached hydrogens (tertiary/aromatic N) is 3. The lowest BCUT2D eigenvalue weighted by molar-refractivity contribution is 0.625. The monoisotopic (exact) mass is 256 g/mol. The Morgan fingerprint density at radius 2 is 2.16 bits per heavy atom. The number of rotatable bonds is 3. The molecule has 0 amide bonds. The van der Waals surface area contributed by atoms with E-state index in [0.717, 1.165) is 0 Å². The fraction of sp³-hybridized carbons (Fsp3) is 0.143. The Labute approximate surface area is 110 Å². The van der Waals surface area contributed by atoms with Crippen molar-refractivity contribution in [2.45, 2.75) is 6.92 Å². The van der Waals surface area contributed by atoms with Gasteiger partial charge < -0.3 is 10.6 Å². The zero-order valence-electron chi connectivity index (χ0n) is 10.5. The highest BCUT2D eigenvalue weighted by Crippen LogP contribution is 2.30. The Hall–Kier alpha value is -2.61. The van der Waals surface area contributed by atoms with Gasteiger partial charge in [0.25, 0.3) is 0 Å². The number of para-hydroxylation sites is 1. The lowest BCUT2D eigenvalue weighted by Crippen LogP contribution is -2.20. The van der Waals surface area contributed by atoms with E-state index >= 15 is 0 Å². The molecule has 0 saturated heterocycles. The minimum absolute atomic E-state index is 0.338. The molecule has 96 valence electrons. The first-order valence-electron chi connectivity index (χ1n) is 5.85. The summed E-state index contributed by atoms with van der Waals surface area (Å²) in [6.07, 6.45) is 1.43. The third kappa shape index (κ3) is 2.47. The van der Waals surface area contributed by atoms with Crippen LogP contribution in [-0.4, -0.2) is 11.5 Å². The molecule has 0 fully saturated rings. The van der Waals surface area contributed by atoms with Gasteiger partial charge in [0.2, 0.25) is 0 Å². The van der Waals surface area contributed by atoms with Crippen LogP contribution in [0.25, 0.3) is 0 Å². The van der Waals surface area contributed by atoms with Crippen molar-refractivity contribution in [2.75, 3.05) is 17.2 Å². The molecular formula is C14H13FN4. The van der Waals surface area contributed by atoms with Crippen LogP contribution >= 0.6 is 0 Å². The molecular weight excluding hydrogens is 243 g/mol. The SMILES string of the molecule is CCN(c1ccccc1F)c1ncc(C#N)cc1N. The number of pyridine rings is 1. The highest BCUT2D eigenvalue weighted by Gasteiger charge is 2.15. The van der Waals surface area contributed by atoms with Crippen molar-refractivity contribution in [3.8, 4) is 6.07 Å². The highest BCUT2D eigenvalue weighted by atomic mass is 19.1. The van der Waals surface area contributed by atoms with Crippen LogP contribution in [0.3, 0.4) is 0 Å². The van der Waals surface area contributed by atoms with Crippen molar-refractivity contribution >= 4 is 17.2 Å². The molecule has 1 aromatic heterocycles. The van der Waals surface area contributed by atoms with Gasteiger partial charge in [0.1, 0.15) is 11.9 Å². The summed E-state index contributed by atoms with van der Waals surface area (Å²) in [5.74, 6) is 0.113. The van der Waals surface area contributed by atoms with Crippen molar-refractivity contribution < 1.29 is 4.39 Å². The van der Waals surface area contributed by atoms with Crippen LogP contribution in [0.1, 0.15) is 12.5 Å². The van der Waals surface area contributed by atoms with Gasteiger partial charge >= 0.3 is 0 Å². The molecule has 2 rings (SSSR count). The van der Waals surface area contributed by atoms with Crippen molar-refractivity contribution in [3.63, 3.8) is 0 Å². The van der Waals surface area contributed by atoms with Crippen LogP contribution < -0.4 is 10.6 Å². The summed E-state index contributed by atoms with van der Waals surface area (Å²) in [5.41, 5.74) is 7.03. The molecule has 4 nitrogen and oxygen atoms in total. The van der Waals surface area contributed by atoms with E-state index in [4.69, 9.17) is 11.0 Å². The molecule has 19 heavy (non-hydrogen) atoms. The third-order valence-electron chi connectivity index (χ3n) is 2.74. The maximum Gasteiger partial charge on any atom is 0.156 e. The molecule has 0 atom stereocenters. The molecule has 0 radical (unpaired) electrons. The van der Waals surface area contributed by atoms with E-state index in [1.54, 1.807) is 23.1 Å². The molecule has 0 spiro atoms. The lowest BCUT2D eigenvalue weighted by atomic mass is 10.2. The fourth-order valence-electron chi connectivity index (χ4n) is 1.87. The third-order valence-corrected chi connectivity index (χ3v) is 2.74. The van der Waals surface area contributed by atoms with Gasteiger partial charge in [0, 0.05) is 12.7 Å². The number of nitriles is 1. The van der Waals surface area contributed by atoms with Gasteiger partial charge in [0.05, 0.1) is 16.9 Å². The number of benzene rings is 1. The van der Waals surface area contributed by atoms with E-state index < -0.39 is 0 Å². The standard InChI is InChI=1S/C14H13FN4/c1-2-19(13-6-4-3-5-11(13)15)14-12(17)7-10(8-16)9-18-14/h3-7,9H,2,17H2,1H3. The summed E-state index contributed by atoms with van der Waals surface area (Å²) in [4.78, 5) is 5.82. The molecule has 1 aromatic carbocycles. The number of halogens is 1. The molecule has 5 heteroatoms. The minimum atomic E-state index is -0.338. The van der Waals surface area contributed by atoms with E-state index in [1.807, 2.05) is 13.0 Å². The zero-order valence-corrected chi connectivity index (χ0v) is 10.5. The predicted octanol–water partition coefficient (Wildman–Crippen LogP) is 2.83. The normalized spacial score (nSPS) is 9.95.